The van der Waals surface area contributed by atoms with Crippen LogP contribution in [0.3, 0.4) is 0 Å². The lowest BCUT2D eigenvalue weighted by molar-refractivity contribution is 0.0337. The van der Waals surface area contributed by atoms with Gasteiger partial charge in [-0.1, -0.05) is 24.3 Å². The molecule has 0 saturated heterocycles. The highest BCUT2D eigenvalue weighted by Gasteiger charge is 2.57. The molecule has 3 atom stereocenters. The van der Waals surface area contributed by atoms with Gasteiger partial charge < -0.3 is 20.5 Å². The molecule has 0 heterocycles. The van der Waals surface area contributed by atoms with E-state index < -0.39 is 6.10 Å². The van der Waals surface area contributed by atoms with Gasteiger partial charge in [-0.2, -0.15) is 0 Å². The number of carbonyl (C=O) groups excluding carboxylic acids is 1. The third-order valence-corrected chi connectivity index (χ3v) is 5.99. The molecule has 0 aromatic heterocycles. The van der Waals surface area contributed by atoms with Crippen molar-refractivity contribution in [3.8, 4) is 0 Å². The highest BCUT2D eigenvalue weighted by Crippen LogP contribution is 2.61. The lowest BCUT2D eigenvalue weighted by Crippen LogP contribution is -2.42. The molecule has 4 rings (SSSR count). The maximum Gasteiger partial charge on any atom is 0.314 e. The van der Waals surface area contributed by atoms with E-state index in [9.17, 15) is 9.90 Å². The maximum atomic E-state index is 11.9. The van der Waals surface area contributed by atoms with Crippen LogP contribution >= 0.6 is 0 Å². The Balaban J connectivity index is 1.14. The van der Waals surface area contributed by atoms with Gasteiger partial charge in [0.1, 0.15) is 0 Å². The van der Waals surface area contributed by atoms with Gasteiger partial charge in [0.2, 0.25) is 0 Å². The smallest absolute Gasteiger partial charge is 0.314 e. The molecule has 0 bridgehead atoms. The van der Waals surface area contributed by atoms with E-state index in [0.717, 1.165) is 13.0 Å². The third-order valence-electron chi connectivity index (χ3n) is 5.99. The molecule has 0 aliphatic heterocycles. The molecule has 5 nitrogen and oxygen atoms in total. The summed E-state index contributed by atoms with van der Waals surface area (Å²) in [6.45, 7) is 1.96. The van der Waals surface area contributed by atoms with E-state index in [2.05, 4.69) is 34.9 Å². The van der Waals surface area contributed by atoms with E-state index in [1.54, 1.807) is 0 Å². The van der Waals surface area contributed by atoms with Crippen molar-refractivity contribution in [1.29, 1.82) is 0 Å². The first kappa shape index (κ1) is 16.9. The Morgan fingerprint density at radius 2 is 2.16 bits per heavy atom. The van der Waals surface area contributed by atoms with Gasteiger partial charge in [0, 0.05) is 25.1 Å². The number of nitrogens with one attached hydrogen (secondary N) is 2. The Bertz CT molecular complexity index is 631. The molecule has 136 valence electrons. The summed E-state index contributed by atoms with van der Waals surface area (Å²) in [5, 5.41) is 15.5. The fourth-order valence-corrected chi connectivity index (χ4v) is 4.20. The van der Waals surface area contributed by atoms with Crippen molar-refractivity contribution in [3.05, 3.63) is 35.4 Å². The van der Waals surface area contributed by atoms with Gasteiger partial charge in [-0.15, -0.1) is 0 Å². The molecule has 3 N–H and O–H groups in total. The monoisotopic (exact) mass is 344 g/mol. The molecular weight excluding hydrogens is 316 g/mol. The fraction of sp³-hybridized carbons (Fsp3) is 0.650. The molecule has 3 aliphatic rings. The van der Waals surface area contributed by atoms with Gasteiger partial charge in [-0.05, 0) is 55.1 Å². The number of carbonyl (C=O) groups is 1. The number of hydrogen-bond acceptors (Lipinski definition) is 3. The summed E-state index contributed by atoms with van der Waals surface area (Å²) in [4.78, 5) is 11.9. The second kappa shape index (κ2) is 6.96. The predicted molar refractivity (Wildman–Crippen MR) is 95.5 cm³/mol. The van der Waals surface area contributed by atoms with Crippen molar-refractivity contribution in [2.75, 3.05) is 26.3 Å². The number of aliphatic hydroxyl groups is 1. The van der Waals surface area contributed by atoms with Crippen LogP contribution in [-0.4, -0.2) is 43.5 Å². The molecular formula is C20H28N2O3. The van der Waals surface area contributed by atoms with Gasteiger partial charge in [-0.25, -0.2) is 4.79 Å². The van der Waals surface area contributed by atoms with Crippen LogP contribution in [-0.2, 0) is 16.6 Å². The minimum absolute atomic E-state index is 0.199. The van der Waals surface area contributed by atoms with Crippen molar-refractivity contribution in [2.45, 2.75) is 43.6 Å². The summed E-state index contributed by atoms with van der Waals surface area (Å²) in [5.74, 6) is 1.23. The molecule has 2 fully saturated rings. The molecule has 1 aromatic rings. The summed E-state index contributed by atoms with van der Waals surface area (Å²) >= 11 is 0. The van der Waals surface area contributed by atoms with E-state index in [-0.39, 0.29) is 12.6 Å². The molecule has 1 spiro atoms. The second-order valence-electron chi connectivity index (χ2n) is 7.94. The topological polar surface area (TPSA) is 70.6 Å². The standard InChI is InChI=1S/C20H28N2O3/c23-17(13-25-12-14-5-6-14)11-22-19(24)21-10-16-9-20(16)8-7-15-3-1-2-4-18(15)20/h1-4,14,16-17,23H,5-13H2,(H2,21,22,24)/t16-,17+,20+/m1/s1. The minimum Gasteiger partial charge on any atom is -0.389 e. The van der Waals surface area contributed by atoms with E-state index >= 15 is 0 Å². The van der Waals surface area contributed by atoms with Crippen molar-refractivity contribution in [3.63, 3.8) is 0 Å². The van der Waals surface area contributed by atoms with Crippen LogP contribution in [0.15, 0.2) is 24.3 Å². The maximum absolute atomic E-state index is 11.9. The average molecular weight is 344 g/mol. The van der Waals surface area contributed by atoms with Gasteiger partial charge in [0.05, 0.1) is 12.7 Å². The molecule has 0 radical (unpaired) electrons. The average Bonchev–Trinajstić information content (AvgIpc) is 3.51. The lowest BCUT2D eigenvalue weighted by atomic mass is 9.95. The largest absolute Gasteiger partial charge is 0.389 e. The van der Waals surface area contributed by atoms with E-state index in [1.807, 2.05) is 0 Å². The number of benzene rings is 1. The SMILES string of the molecule is O=C(NC[C@H](O)COCC1CC1)NC[C@H]1C[C@@]12CCc1ccccc12. The van der Waals surface area contributed by atoms with Crippen molar-refractivity contribution in [2.24, 2.45) is 11.8 Å². The molecule has 3 aliphatic carbocycles. The summed E-state index contributed by atoms with van der Waals surface area (Å²) < 4.78 is 5.43. The highest BCUT2D eigenvalue weighted by atomic mass is 16.5. The van der Waals surface area contributed by atoms with E-state index in [1.165, 1.54) is 36.8 Å². The number of urea groups is 1. The molecule has 0 unspecified atom stereocenters. The van der Waals surface area contributed by atoms with Crippen LogP contribution < -0.4 is 10.6 Å². The number of hydrogen-bond donors (Lipinski definition) is 3. The highest BCUT2D eigenvalue weighted by molar-refractivity contribution is 5.74. The lowest BCUT2D eigenvalue weighted by Gasteiger charge is -2.14. The quantitative estimate of drug-likeness (QED) is 0.675. The van der Waals surface area contributed by atoms with Crippen LogP contribution in [0.2, 0.25) is 0 Å². The van der Waals surface area contributed by atoms with Crippen LogP contribution in [0.5, 0.6) is 0 Å². The summed E-state index contributed by atoms with van der Waals surface area (Å²) in [7, 11) is 0. The Labute approximate surface area is 149 Å². The van der Waals surface area contributed by atoms with Crippen molar-refractivity contribution < 1.29 is 14.6 Å². The predicted octanol–water partition coefficient (Wildman–Crippen LogP) is 1.98. The van der Waals surface area contributed by atoms with Gasteiger partial charge in [0.15, 0.2) is 0 Å². The molecule has 5 heteroatoms. The Hall–Kier alpha value is -1.59. The normalized spacial score (nSPS) is 27.8. The number of amides is 2. The minimum atomic E-state index is -0.640. The molecule has 1 aromatic carbocycles. The number of rotatable bonds is 8. The fourth-order valence-electron chi connectivity index (χ4n) is 4.20. The van der Waals surface area contributed by atoms with Crippen LogP contribution in [0.25, 0.3) is 0 Å². The number of ether oxygens (including phenoxy) is 1. The first-order valence-electron chi connectivity index (χ1n) is 9.53. The summed E-state index contributed by atoms with van der Waals surface area (Å²) in [6, 6.07) is 8.51. The Morgan fingerprint density at radius 1 is 1.32 bits per heavy atom. The molecule has 2 amide bonds. The van der Waals surface area contributed by atoms with Crippen molar-refractivity contribution in [1.82, 2.24) is 10.6 Å². The van der Waals surface area contributed by atoms with E-state index in [0.29, 0.717) is 30.4 Å². The molecule has 2 saturated carbocycles. The Morgan fingerprint density at radius 3 is 3.00 bits per heavy atom. The van der Waals surface area contributed by atoms with Crippen molar-refractivity contribution >= 4 is 6.03 Å². The third kappa shape index (κ3) is 3.82. The molecule has 25 heavy (non-hydrogen) atoms. The van der Waals surface area contributed by atoms with Crippen LogP contribution in [0, 0.1) is 11.8 Å². The number of aryl methyl sites for hydroxylation is 1. The van der Waals surface area contributed by atoms with Gasteiger partial charge in [-0.3, -0.25) is 0 Å². The summed E-state index contributed by atoms with van der Waals surface area (Å²) in [5.41, 5.74) is 3.27. The zero-order valence-electron chi connectivity index (χ0n) is 14.7. The van der Waals surface area contributed by atoms with Crippen LogP contribution in [0.1, 0.15) is 36.8 Å². The van der Waals surface area contributed by atoms with Crippen LogP contribution in [0.4, 0.5) is 4.79 Å². The van der Waals surface area contributed by atoms with E-state index in [4.69, 9.17) is 4.74 Å². The first-order valence-corrected chi connectivity index (χ1v) is 9.53. The first-order chi connectivity index (χ1) is 12.2. The Kier molecular flexibility index (Phi) is 4.69. The second-order valence-corrected chi connectivity index (χ2v) is 7.94. The zero-order valence-corrected chi connectivity index (χ0v) is 14.7. The number of aliphatic hydroxyl groups excluding tert-OH is 1. The number of fused-ring (bicyclic) bond motifs is 2. The van der Waals surface area contributed by atoms with Gasteiger partial charge >= 0.3 is 6.03 Å². The van der Waals surface area contributed by atoms with Gasteiger partial charge in [0.25, 0.3) is 0 Å². The summed E-state index contributed by atoms with van der Waals surface area (Å²) in [6.07, 6.45) is 5.37. The zero-order chi connectivity index (χ0) is 17.3.